The van der Waals surface area contributed by atoms with Crippen LogP contribution in [0.4, 0.5) is 5.88 Å². The third kappa shape index (κ3) is 4.37. The highest BCUT2D eigenvalue weighted by atomic mass is 35.5. The maximum Gasteiger partial charge on any atom is 0.236 e. The fourth-order valence-electron chi connectivity index (χ4n) is 2.98. The van der Waals surface area contributed by atoms with Crippen LogP contribution in [0.5, 0.6) is 0 Å². The Morgan fingerprint density at radius 3 is 2.34 bits per heavy atom. The van der Waals surface area contributed by atoms with Gasteiger partial charge in [0.1, 0.15) is 0 Å². The second-order valence-electron chi connectivity index (χ2n) is 6.46. The number of hydrogen-bond acceptors (Lipinski definition) is 6. The van der Waals surface area contributed by atoms with E-state index in [4.69, 9.17) is 20.8 Å². The highest BCUT2D eigenvalue weighted by molar-refractivity contribution is 7.91. The van der Waals surface area contributed by atoms with E-state index in [9.17, 15) is 8.42 Å². The molecule has 1 aliphatic heterocycles. The molecular weight excluding hydrogens is 412 g/mol. The second-order valence-corrected chi connectivity index (χ2v) is 8.76. The maximum atomic E-state index is 13.2. The maximum absolute atomic E-state index is 13.2. The van der Waals surface area contributed by atoms with Crippen molar-refractivity contribution in [1.82, 2.24) is 4.98 Å². The van der Waals surface area contributed by atoms with Crippen molar-refractivity contribution in [3.8, 4) is 0 Å². The third-order valence-corrected chi connectivity index (χ3v) is 6.41. The van der Waals surface area contributed by atoms with Crippen LogP contribution in [0.25, 0.3) is 12.2 Å². The zero-order valence-corrected chi connectivity index (χ0v) is 17.1. The van der Waals surface area contributed by atoms with Crippen LogP contribution in [0.15, 0.2) is 68.9 Å². The molecule has 0 bridgehead atoms. The van der Waals surface area contributed by atoms with Gasteiger partial charge in [0.25, 0.3) is 0 Å². The summed E-state index contributed by atoms with van der Waals surface area (Å²) in [4.78, 5) is 6.27. The summed E-state index contributed by atoms with van der Waals surface area (Å²) in [5.74, 6) is 0.457. The molecule has 150 valence electrons. The lowest BCUT2D eigenvalue weighted by atomic mass is 10.2. The summed E-state index contributed by atoms with van der Waals surface area (Å²) in [5, 5.41) is 0.360. The highest BCUT2D eigenvalue weighted by Crippen LogP contribution is 2.32. The molecule has 0 unspecified atom stereocenters. The van der Waals surface area contributed by atoms with Crippen molar-refractivity contribution < 1.29 is 17.6 Å². The molecule has 8 heteroatoms. The topological polar surface area (TPSA) is 72.6 Å². The van der Waals surface area contributed by atoms with Gasteiger partial charge in [0.05, 0.1) is 18.1 Å². The van der Waals surface area contributed by atoms with Gasteiger partial charge >= 0.3 is 0 Å². The zero-order chi connectivity index (χ0) is 20.3. The fraction of sp³-hybridized carbons (Fsp3) is 0.190. The van der Waals surface area contributed by atoms with Crippen LogP contribution < -0.4 is 4.90 Å². The zero-order valence-electron chi connectivity index (χ0n) is 15.5. The summed E-state index contributed by atoms with van der Waals surface area (Å²) in [6, 6.07) is 15.7. The van der Waals surface area contributed by atoms with Crippen LogP contribution in [0, 0.1) is 0 Å². The molecule has 0 N–H and O–H groups in total. The number of oxazole rings is 1. The molecule has 0 radical (unpaired) electrons. The van der Waals surface area contributed by atoms with Crippen LogP contribution in [-0.4, -0.2) is 39.7 Å². The number of aromatic nitrogens is 1. The monoisotopic (exact) mass is 430 g/mol. The summed E-state index contributed by atoms with van der Waals surface area (Å²) in [6.45, 7) is 2.05. The van der Waals surface area contributed by atoms with E-state index in [0.29, 0.717) is 31.3 Å². The molecule has 1 aromatic heterocycles. The molecular formula is C21H19ClN2O4S. The number of benzene rings is 2. The van der Waals surface area contributed by atoms with E-state index in [1.165, 1.54) is 12.1 Å². The molecule has 0 saturated carbocycles. The molecule has 29 heavy (non-hydrogen) atoms. The molecule has 0 spiro atoms. The average Bonchev–Trinajstić information content (AvgIpc) is 3.19. The summed E-state index contributed by atoms with van der Waals surface area (Å²) in [6.07, 6.45) is 3.49. The molecule has 6 nitrogen and oxygen atoms in total. The first-order chi connectivity index (χ1) is 14.0. The standard InChI is InChI=1S/C21H19ClN2O4S/c22-17-7-9-18(10-8-17)29(25,26)20-21(24-12-14-27-15-13-24)28-19(23-20)11-6-16-4-2-1-3-5-16/h1-11H,12-15H2. The van der Waals surface area contributed by atoms with Gasteiger partial charge in [-0.05, 0) is 35.9 Å². The van der Waals surface area contributed by atoms with Gasteiger partial charge in [-0.25, -0.2) is 8.42 Å². The molecule has 0 atom stereocenters. The van der Waals surface area contributed by atoms with Gasteiger partial charge < -0.3 is 14.1 Å². The molecule has 1 fully saturated rings. The van der Waals surface area contributed by atoms with Crippen LogP contribution in [0.3, 0.4) is 0 Å². The predicted molar refractivity (Wildman–Crippen MR) is 112 cm³/mol. The van der Waals surface area contributed by atoms with Gasteiger partial charge in [-0.1, -0.05) is 41.9 Å². The number of nitrogens with zero attached hydrogens (tertiary/aromatic N) is 2. The minimum atomic E-state index is -3.88. The molecule has 0 aliphatic carbocycles. The van der Waals surface area contributed by atoms with Crippen molar-refractivity contribution in [3.05, 3.63) is 71.1 Å². The molecule has 0 amide bonds. The van der Waals surface area contributed by atoms with Crippen molar-refractivity contribution in [3.63, 3.8) is 0 Å². The minimum absolute atomic E-state index is 0.102. The normalized spacial score (nSPS) is 15.1. The number of anilines is 1. The Labute approximate surface area is 174 Å². The minimum Gasteiger partial charge on any atom is -0.420 e. The van der Waals surface area contributed by atoms with Crippen LogP contribution >= 0.6 is 11.6 Å². The number of sulfone groups is 1. The highest BCUT2D eigenvalue weighted by Gasteiger charge is 2.31. The lowest BCUT2D eigenvalue weighted by Crippen LogP contribution is -2.36. The van der Waals surface area contributed by atoms with Gasteiger partial charge in [-0.15, -0.1) is 0 Å². The summed E-state index contributed by atoms with van der Waals surface area (Å²) in [5.41, 5.74) is 0.959. The van der Waals surface area contributed by atoms with E-state index >= 15 is 0 Å². The van der Waals surface area contributed by atoms with Gasteiger partial charge in [0, 0.05) is 24.2 Å². The molecule has 2 heterocycles. The summed E-state index contributed by atoms with van der Waals surface area (Å²) in [7, 11) is -3.88. The molecule has 1 saturated heterocycles. The second kappa shape index (κ2) is 8.41. The molecule has 1 aliphatic rings. The van der Waals surface area contributed by atoms with Gasteiger partial charge in [0.15, 0.2) is 0 Å². The first-order valence-corrected chi connectivity index (χ1v) is 11.0. The van der Waals surface area contributed by atoms with Gasteiger partial charge in [0.2, 0.25) is 26.6 Å². The Morgan fingerprint density at radius 1 is 0.966 bits per heavy atom. The summed E-state index contributed by atoms with van der Waals surface area (Å²) >= 11 is 5.90. The average molecular weight is 431 g/mol. The predicted octanol–water partition coefficient (Wildman–Crippen LogP) is 4.17. The third-order valence-electron chi connectivity index (χ3n) is 4.49. The van der Waals surface area contributed by atoms with Crippen LogP contribution in [-0.2, 0) is 14.6 Å². The first kappa shape index (κ1) is 19.7. The number of ether oxygens (including phenoxy) is 1. The Morgan fingerprint density at radius 2 is 1.66 bits per heavy atom. The van der Waals surface area contributed by atoms with E-state index in [2.05, 4.69) is 4.98 Å². The lowest BCUT2D eigenvalue weighted by molar-refractivity contribution is 0.120. The lowest BCUT2D eigenvalue weighted by Gasteiger charge is -2.26. The van der Waals surface area contributed by atoms with Crippen molar-refractivity contribution >= 4 is 39.5 Å². The largest absolute Gasteiger partial charge is 0.420 e. The number of hydrogen-bond donors (Lipinski definition) is 0. The van der Waals surface area contributed by atoms with E-state index in [0.717, 1.165) is 5.56 Å². The van der Waals surface area contributed by atoms with Crippen molar-refractivity contribution in [1.29, 1.82) is 0 Å². The van der Waals surface area contributed by atoms with E-state index < -0.39 is 9.84 Å². The Kier molecular flexibility index (Phi) is 5.71. The smallest absolute Gasteiger partial charge is 0.236 e. The summed E-state index contributed by atoms with van der Waals surface area (Å²) < 4.78 is 37.7. The first-order valence-electron chi connectivity index (χ1n) is 9.11. The number of halogens is 1. The molecule has 2 aromatic carbocycles. The Balaban J connectivity index is 1.75. The van der Waals surface area contributed by atoms with Crippen molar-refractivity contribution in [2.45, 2.75) is 9.92 Å². The van der Waals surface area contributed by atoms with Crippen LogP contribution in [0.2, 0.25) is 5.02 Å². The molecule has 4 rings (SSSR count). The SMILES string of the molecule is O=S(=O)(c1ccc(Cl)cc1)c1nc(C=Cc2ccccc2)oc1N1CCOCC1. The van der Waals surface area contributed by atoms with Crippen LogP contribution in [0.1, 0.15) is 11.5 Å². The Hall–Kier alpha value is -2.61. The van der Waals surface area contributed by atoms with Crippen molar-refractivity contribution in [2.24, 2.45) is 0 Å². The fourth-order valence-corrected chi connectivity index (χ4v) is 4.44. The van der Waals surface area contributed by atoms with E-state index in [1.54, 1.807) is 18.2 Å². The van der Waals surface area contributed by atoms with E-state index in [-0.39, 0.29) is 21.7 Å². The quantitative estimate of drug-likeness (QED) is 0.605. The van der Waals surface area contributed by atoms with Crippen molar-refractivity contribution in [2.75, 3.05) is 31.2 Å². The number of rotatable bonds is 5. The van der Waals surface area contributed by atoms with Gasteiger partial charge in [-0.3, -0.25) is 0 Å². The van der Waals surface area contributed by atoms with Gasteiger partial charge in [-0.2, -0.15) is 4.98 Å². The number of morpholine rings is 1. The Bertz CT molecular complexity index is 1100. The molecule has 3 aromatic rings. The van der Waals surface area contributed by atoms with E-state index in [1.807, 2.05) is 41.3 Å².